The van der Waals surface area contributed by atoms with Gasteiger partial charge in [0.05, 0.1) is 17.9 Å². The zero-order valence-electron chi connectivity index (χ0n) is 16.2. The number of phenolic OH excluding ortho intramolecular Hbond substituents is 1. The first-order valence-corrected chi connectivity index (χ1v) is 9.20. The molecular formula is C23H19N3O4. The van der Waals surface area contributed by atoms with Crippen LogP contribution in [0.2, 0.25) is 0 Å². The van der Waals surface area contributed by atoms with E-state index in [0.29, 0.717) is 22.1 Å². The molecule has 3 rings (SSSR count). The Morgan fingerprint density at radius 2 is 1.73 bits per heavy atom. The van der Waals surface area contributed by atoms with E-state index >= 15 is 0 Å². The summed E-state index contributed by atoms with van der Waals surface area (Å²) < 4.78 is 5.01. The largest absolute Gasteiger partial charge is 0.507 e. The van der Waals surface area contributed by atoms with Crippen LogP contribution in [0.1, 0.15) is 17.3 Å². The normalized spacial score (nSPS) is 10.9. The predicted molar refractivity (Wildman–Crippen MR) is 114 cm³/mol. The molecule has 7 heteroatoms. The minimum atomic E-state index is -0.630. The number of amides is 1. The quantitative estimate of drug-likeness (QED) is 0.325. The lowest BCUT2D eigenvalue weighted by molar-refractivity contribution is -0.112. The number of hydrogen-bond acceptors (Lipinski definition) is 6. The topological polar surface area (TPSA) is 111 Å². The van der Waals surface area contributed by atoms with Gasteiger partial charge in [0.2, 0.25) is 0 Å². The van der Waals surface area contributed by atoms with Gasteiger partial charge in [-0.1, -0.05) is 36.4 Å². The maximum Gasteiger partial charge on any atom is 0.340 e. The van der Waals surface area contributed by atoms with Gasteiger partial charge < -0.3 is 20.5 Å². The molecule has 150 valence electrons. The van der Waals surface area contributed by atoms with Crippen molar-refractivity contribution in [2.24, 2.45) is 0 Å². The third-order valence-corrected chi connectivity index (χ3v) is 4.31. The smallest absolute Gasteiger partial charge is 0.340 e. The van der Waals surface area contributed by atoms with Gasteiger partial charge in [-0.15, -0.1) is 0 Å². The number of anilines is 2. The van der Waals surface area contributed by atoms with Crippen molar-refractivity contribution in [3.8, 4) is 11.8 Å². The van der Waals surface area contributed by atoms with E-state index in [0.717, 1.165) is 0 Å². The van der Waals surface area contributed by atoms with Crippen LogP contribution in [0.4, 0.5) is 11.4 Å². The van der Waals surface area contributed by atoms with E-state index in [2.05, 4.69) is 10.6 Å². The van der Waals surface area contributed by atoms with Crippen LogP contribution < -0.4 is 10.6 Å². The number of para-hydroxylation sites is 1. The van der Waals surface area contributed by atoms with Crippen molar-refractivity contribution in [1.82, 2.24) is 0 Å². The molecule has 0 saturated heterocycles. The van der Waals surface area contributed by atoms with Crippen LogP contribution in [0.15, 0.2) is 72.4 Å². The summed E-state index contributed by atoms with van der Waals surface area (Å²) in [5.41, 5.74) is 0.969. The number of phenols is 1. The van der Waals surface area contributed by atoms with Gasteiger partial charge in [0.25, 0.3) is 5.91 Å². The lowest BCUT2D eigenvalue weighted by atomic mass is 10.1. The second-order valence-corrected chi connectivity index (χ2v) is 6.21. The molecule has 0 aliphatic heterocycles. The monoisotopic (exact) mass is 401 g/mol. The first-order valence-electron chi connectivity index (χ1n) is 9.20. The van der Waals surface area contributed by atoms with Crippen molar-refractivity contribution in [3.05, 3.63) is 78.0 Å². The number of nitriles is 1. The lowest BCUT2D eigenvalue weighted by Crippen LogP contribution is -2.15. The Bertz CT molecular complexity index is 1180. The number of nitrogens with zero attached hydrogens (tertiary/aromatic N) is 1. The van der Waals surface area contributed by atoms with Gasteiger partial charge in [-0.2, -0.15) is 5.26 Å². The molecule has 0 fully saturated rings. The number of esters is 1. The van der Waals surface area contributed by atoms with Gasteiger partial charge in [0, 0.05) is 22.7 Å². The second kappa shape index (κ2) is 9.26. The number of fused-ring (bicyclic) bond motifs is 1. The van der Waals surface area contributed by atoms with Crippen molar-refractivity contribution in [3.63, 3.8) is 0 Å². The molecule has 3 aromatic carbocycles. The maximum absolute atomic E-state index is 12.6. The second-order valence-electron chi connectivity index (χ2n) is 6.21. The van der Waals surface area contributed by atoms with E-state index < -0.39 is 11.9 Å². The zero-order chi connectivity index (χ0) is 21.5. The molecule has 0 bridgehead atoms. The molecule has 0 heterocycles. The summed E-state index contributed by atoms with van der Waals surface area (Å²) in [6.07, 6.45) is 1.23. The molecule has 0 radical (unpaired) electrons. The van der Waals surface area contributed by atoms with E-state index in [1.54, 1.807) is 67.6 Å². The van der Waals surface area contributed by atoms with E-state index in [9.17, 15) is 20.0 Å². The highest BCUT2D eigenvalue weighted by Crippen LogP contribution is 2.30. The van der Waals surface area contributed by atoms with Crippen LogP contribution >= 0.6 is 0 Å². The van der Waals surface area contributed by atoms with Crippen molar-refractivity contribution >= 4 is 34.0 Å². The molecule has 7 nitrogen and oxygen atoms in total. The van der Waals surface area contributed by atoms with Gasteiger partial charge in [0.1, 0.15) is 17.4 Å². The summed E-state index contributed by atoms with van der Waals surface area (Å²) in [7, 11) is 0. The molecule has 0 aliphatic rings. The lowest BCUT2D eigenvalue weighted by Gasteiger charge is -2.10. The zero-order valence-corrected chi connectivity index (χ0v) is 16.2. The third-order valence-electron chi connectivity index (χ3n) is 4.31. The van der Waals surface area contributed by atoms with Gasteiger partial charge in [0.15, 0.2) is 0 Å². The fourth-order valence-corrected chi connectivity index (χ4v) is 2.89. The average molecular weight is 401 g/mol. The first-order chi connectivity index (χ1) is 14.5. The standard InChI is InChI=1S/C23H19N3O4/c1-2-30-23(29)18-7-3-4-10-19(18)25-14-15(13-24)22(28)26-20-11-5-9-17-16(20)8-6-12-21(17)27/h3-12,14,25,27H,2H2,1H3,(H,26,28)/b15-14-. The number of rotatable bonds is 6. The first kappa shape index (κ1) is 20.4. The number of hydrogen-bond donors (Lipinski definition) is 3. The Labute approximate surface area is 173 Å². The Morgan fingerprint density at radius 1 is 1.03 bits per heavy atom. The molecule has 0 spiro atoms. The molecular weight excluding hydrogens is 382 g/mol. The molecule has 0 aromatic heterocycles. The summed E-state index contributed by atoms with van der Waals surface area (Å²) in [6.45, 7) is 1.94. The molecule has 3 aromatic rings. The predicted octanol–water partition coefficient (Wildman–Crippen LogP) is 4.18. The van der Waals surface area contributed by atoms with Gasteiger partial charge in [-0.05, 0) is 31.2 Å². The summed E-state index contributed by atoms with van der Waals surface area (Å²) in [6, 6.07) is 18.6. The molecule has 0 saturated carbocycles. The molecule has 0 atom stereocenters. The van der Waals surface area contributed by atoms with Gasteiger partial charge in [-0.3, -0.25) is 4.79 Å². The van der Waals surface area contributed by atoms with Gasteiger partial charge in [-0.25, -0.2) is 4.79 Å². The molecule has 30 heavy (non-hydrogen) atoms. The number of carbonyl (C=O) groups excluding carboxylic acids is 2. The third kappa shape index (κ3) is 4.39. The Kier molecular flexibility index (Phi) is 6.30. The number of aromatic hydroxyl groups is 1. The summed E-state index contributed by atoms with van der Waals surface area (Å²) >= 11 is 0. The van der Waals surface area contributed by atoms with E-state index in [-0.39, 0.29) is 23.5 Å². The van der Waals surface area contributed by atoms with Crippen molar-refractivity contribution in [1.29, 1.82) is 5.26 Å². The minimum Gasteiger partial charge on any atom is -0.507 e. The summed E-state index contributed by atoms with van der Waals surface area (Å²) in [5.74, 6) is -1.04. The van der Waals surface area contributed by atoms with Crippen LogP contribution in [0, 0.1) is 11.3 Å². The van der Waals surface area contributed by atoms with E-state index in [4.69, 9.17) is 4.74 Å². The van der Waals surface area contributed by atoms with Crippen molar-refractivity contribution in [2.75, 3.05) is 17.2 Å². The van der Waals surface area contributed by atoms with Crippen LogP contribution in [0.3, 0.4) is 0 Å². The fourth-order valence-electron chi connectivity index (χ4n) is 2.89. The van der Waals surface area contributed by atoms with Crippen LogP contribution in [-0.2, 0) is 9.53 Å². The van der Waals surface area contributed by atoms with Crippen molar-refractivity contribution in [2.45, 2.75) is 6.92 Å². The maximum atomic E-state index is 12.6. The van der Waals surface area contributed by atoms with E-state index in [1.165, 1.54) is 6.20 Å². The number of ether oxygens (including phenoxy) is 1. The molecule has 3 N–H and O–H groups in total. The highest BCUT2D eigenvalue weighted by molar-refractivity contribution is 6.11. The summed E-state index contributed by atoms with van der Waals surface area (Å²) in [4.78, 5) is 24.7. The van der Waals surface area contributed by atoms with Crippen LogP contribution in [-0.4, -0.2) is 23.6 Å². The number of nitrogens with one attached hydrogen (secondary N) is 2. The van der Waals surface area contributed by atoms with Gasteiger partial charge >= 0.3 is 5.97 Å². The number of carbonyl (C=O) groups is 2. The van der Waals surface area contributed by atoms with Crippen molar-refractivity contribution < 1.29 is 19.4 Å². The Hall–Kier alpha value is -4.31. The molecule has 0 unspecified atom stereocenters. The Morgan fingerprint density at radius 3 is 2.50 bits per heavy atom. The average Bonchev–Trinajstić information content (AvgIpc) is 2.75. The Balaban J connectivity index is 1.83. The highest BCUT2D eigenvalue weighted by atomic mass is 16.5. The fraction of sp³-hybridized carbons (Fsp3) is 0.0870. The molecule has 0 aliphatic carbocycles. The summed E-state index contributed by atoms with van der Waals surface area (Å²) in [5, 5.41) is 26.1. The minimum absolute atomic E-state index is 0.0943. The number of benzene rings is 3. The molecule has 1 amide bonds. The van der Waals surface area contributed by atoms with Crippen LogP contribution in [0.5, 0.6) is 5.75 Å². The van der Waals surface area contributed by atoms with E-state index in [1.807, 2.05) is 6.07 Å². The van der Waals surface area contributed by atoms with Crippen LogP contribution in [0.25, 0.3) is 10.8 Å². The SMILES string of the molecule is CCOC(=O)c1ccccc1N/C=C(/C#N)C(=O)Nc1cccc2c(O)cccc12. The highest BCUT2D eigenvalue weighted by Gasteiger charge is 2.14.